The summed E-state index contributed by atoms with van der Waals surface area (Å²) in [6.07, 6.45) is 8.46. The summed E-state index contributed by atoms with van der Waals surface area (Å²) in [4.78, 5) is 30.8. The number of aromatic nitrogens is 7. The fraction of sp³-hybridized carbons (Fsp3) is 0.200. The number of nitrogens with zero attached hydrogens (tertiary/aromatic N) is 7. The summed E-state index contributed by atoms with van der Waals surface area (Å²) in [5, 5.41) is 7.34. The average Bonchev–Trinajstić information content (AvgIpc) is 3.28. The van der Waals surface area contributed by atoms with Crippen molar-refractivity contribution in [3.05, 3.63) is 71.7 Å². The van der Waals surface area contributed by atoms with E-state index in [9.17, 15) is 4.79 Å². The van der Waals surface area contributed by atoms with Crippen LogP contribution in [0.15, 0.2) is 66.1 Å². The maximum Gasteiger partial charge on any atom is 0.264 e. The zero-order valence-corrected chi connectivity index (χ0v) is 19.8. The number of rotatable bonds is 6. The van der Waals surface area contributed by atoms with Gasteiger partial charge < -0.3 is 10.1 Å². The van der Waals surface area contributed by atoms with Crippen molar-refractivity contribution in [2.45, 2.75) is 19.9 Å². The van der Waals surface area contributed by atoms with Crippen LogP contribution in [-0.4, -0.2) is 40.3 Å². The molecule has 0 saturated heterocycles. The molecule has 176 valence electrons. The zero-order chi connectivity index (χ0) is 24.5. The molecule has 10 heteroatoms. The lowest BCUT2D eigenvalue weighted by atomic mass is 10.2. The van der Waals surface area contributed by atoms with Gasteiger partial charge in [0.05, 0.1) is 40.4 Å². The van der Waals surface area contributed by atoms with Crippen LogP contribution in [0.25, 0.3) is 33.5 Å². The minimum absolute atomic E-state index is 0.157. The fourth-order valence-electron chi connectivity index (χ4n) is 3.62. The van der Waals surface area contributed by atoms with Crippen molar-refractivity contribution in [3.8, 4) is 34.0 Å². The highest BCUT2D eigenvalue weighted by atomic mass is 16.5. The molecule has 0 unspecified atom stereocenters. The molecule has 0 fully saturated rings. The van der Waals surface area contributed by atoms with Crippen molar-refractivity contribution in [1.82, 2.24) is 34.3 Å². The van der Waals surface area contributed by atoms with Crippen molar-refractivity contribution in [2.24, 2.45) is 14.1 Å². The summed E-state index contributed by atoms with van der Waals surface area (Å²) >= 11 is 0. The number of nitrogens with one attached hydrogen (secondary N) is 1. The van der Waals surface area contributed by atoms with Gasteiger partial charge in [0.1, 0.15) is 11.5 Å². The Kier molecular flexibility index (Phi) is 5.69. The van der Waals surface area contributed by atoms with Crippen molar-refractivity contribution in [1.29, 1.82) is 0 Å². The number of fused-ring (bicyclic) bond motifs is 1. The quantitative estimate of drug-likeness (QED) is 0.400. The lowest BCUT2D eigenvalue weighted by Gasteiger charge is -2.13. The maximum absolute atomic E-state index is 12.9. The fourth-order valence-corrected chi connectivity index (χ4v) is 3.62. The van der Waals surface area contributed by atoms with Crippen molar-refractivity contribution < 1.29 is 4.74 Å². The van der Waals surface area contributed by atoms with Gasteiger partial charge in [-0.2, -0.15) is 5.10 Å². The number of aryl methyl sites for hydroxylation is 1. The second-order valence-corrected chi connectivity index (χ2v) is 8.45. The second kappa shape index (κ2) is 8.98. The Morgan fingerprint density at radius 2 is 1.74 bits per heavy atom. The van der Waals surface area contributed by atoms with Crippen molar-refractivity contribution in [3.63, 3.8) is 0 Å². The van der Waals surface area contributed by atoms with E-state index in [1.165, 1.54) is 10.8 Å². The number of hydrogen-bond acceptors (Lipinski definition) is 8. The van der Waals surface area contributed by atoms with E-state index in [1.807, 2.05) is 51.4 Å². The third-order valence-electron chi connectivity index (χ3n) is 5.34. The highest BCUT2D eigenvalue weighted by Gasteiger charge is 2.13. The van der Waals surface area contributed by atoms with Crippen LogP contribution in [0.4, 0.5) is 5.95 Å². The molecule has 1 aromatic carbocycles. The molecule has 5 rings (SSSR count). The molecular weight excluding hydrogens is 444 g/mol. The molecule has 0 atom stereocenters. The van der Waals surface area contributed by atoms with Crippen LogP contribution in [-0.2, 0) is 14.1 Å². The lowest BCUT2D eigenvalue weighted by molar-refractivity contribution is 0.483. The van der Waals surface area contributed by atoms with Crippen LogP contribution in [0.3, 0.4) is 0 Å². The number of ether oxygens (including phenoxy) is 1. The second-order valence-electron chi connectivity index (χ2n) is 8.45. The molecular formula is C25H24N8O2. The van der Waals surface area contributed by atoms with Gasteiger partial charge in [0.2, 0.25) is 5.95 Å². The molecule has 0 radical (unpaired) electrons. The SMILES string of the molecule is CC(C)Nc1ncc(-c2cnc3cc(Oc4ccnc(-c5cnn(C)c5)c4)ccc3n2)c(=O)n1C. The van der Waals surface area contributed by atoms with Gasteiger partial charge in [0.25, 0.3) is 5.56 Å². The Morgan fingerprint density at radius 1 is 0.914 bits per heavy atom. The number of hydrogen-bond donors (Lipinski definition) is 1. The molecule has 0 amide bonds. The first-order valence-corrected chi connectivity index (χ1v) is 11.1. The highest BCUT2D eigenvalue weighted by Crippen LogP contribution is 2.27. The summed E-state index contributed by atoms with van der Waals surface area (Å²) in [6, 6.07) is 9.25. The first kappa shape index (κ1) is 22.2. The van der Waals surface area contributed by atoms with E-state index in [0.29, 0.717) is 39.7 Å². The van der Waals surface area contributed by atoms with Gasteiger partial charge in [0.15, 0.2) is 0 Å². The summed E-state index contributed by atoms with van der Waals surface area (Å²) in [6.45, 7) is 3.97. The maximum atomic E-state index is 12.9. The molecule has 0 spiro atoms. The molecule has 0 aliphatic heterocycles. The zero-order valence-electron chi connectivity index (χ0n) is 19.8. The normalized spacial score (nSPS) is 11.2. The van der Waals surface area contributed by atoms with Gasteiger partial charge in [-0.05, 0) is 32.0 Å². The standard InChI is InChI=1S/C25H24N8O2/c1-15(2)30-25-28-12-19(24(34)33(25)4)23-13-27-22-10-17(5-6-20(22)31-23)35-18-7-8-26-21(9-18)16-11-29-32(3)14-16/h5-15H,1-4H3,(H,28,30). The van der Waals surface area contributed by atoms with Crippen LogP contribution >= 0.6 is 0 Å². The van der Waals surface area contributed by atoms with Gasteiger partial charge in [-0.15, -0.1) is 0 Å². The predicted octanol–water partition coefficient (Wildman–Crippen LogP) is 3.80. The van der Waals surface area contributed by atoms with E-state index >= 15 is 0 Å². The minimum atomic E-state index is -0.195. The molecule has 0 saturated carbocycles. The predicted molar refractivity (Wildman–Crippen MR) is 133 cm³/mol. The van der Waals surface area contributed by atoms with Gasteiger partial charge >= 0.3 is 0 Å². The average molecular weight is 469 g/mol. The first-order chi connectivity index (χ1) is 16.9. The smallest absolute Gasteiger partial charge is 0.264 e. The highest BCUT2D eigenvalue weighted by molar-refractivity contribution is 5.78. The largest absolute Gasteiger partial charge is 0.457 e. The number of anilines is 1. The van der Waals surface area contributed by atoms with E-state index in [0.717, 1.165) is 11.3 Å². The van der Waals surface area contributed by atoms with Crippen molar-refractivity contribution in [2.75, 3.05) is 5.32 Å². The third kappa shape index (κ3) is 4.58. The molecule has 0 aliphatic rings. The van der Waals surface area contributed by atoms with E-state index in [1.54, 1.807) is 36.4 Å². The number of benzene rings is 1. The van der Waals surface area contributed by atoms with E-state index in [4.69, 9.17) is 4.74 Å². The Labute approximate surface area is 201 Å². The summed E-state index contributed by atoms with van der Waals surface area (Å²) in [5.41, 5.74) is 3.62. The first-order valence-electron chi connectivity index (χ1n) is 11.1. The van der Waals surface area contributed by atoms with Crippen LogP contribution in [0.5, 0.6) is 11.5 Å². The molecule has 4 aromatic heterocycles. The number of pyridine rings is 1. The van der Waals surface area contributed by atoms with Gasteiger partial charge in [-0.1, -0.05) is 0 Å². The Balaban J connectivity index is 1.41. The van der Waals surface area contributed by atoms with Crippen LogP contribution < -0.4 is 15.6 Å². The van der Waals surface area contributed by atoms with Gasteiger partial charge in [-0.3, -0.25) is 24.0 Å². The Bertz CT molecular complexity index is 1590. The summed E-state index contributed by atoms with van der Waals surface area (Å²) in [5.74, 6) is 1.77. The van der Waals surface area contributed by atoms with Crippen LogP contribution in [0.1, 0.15) is 13.8 Å². The molecule has 10 nitrogen and oxygen atoms in total. The van der Waals surface area contributed by atoms with Gasteiger partial charge in [0, 0.05) is 56.4 Å². The molecule has 0 aliphatic carbocycles. The molecule has 0 bridgehead atoms. The van der Waals surface area contributed by atoms with E-state index < -0.39 is 0 Å². The lowest BCUT2D eigenvalue weighted by Crippen LogP contribution is -2.25. The molecule has 5 aromatic rings. The topological polar surface area (TPSA) is 113 Å². The van der Waals surface area contributed by atoms with E-state index in [2.05, 4.69) is 30.4 Å². The summed E-state index contributed by atoms with van der Waals surface area (Å²) in [7, 11) is 3.54. The summed E-state index contributed by atoms with van der Waals surface area (Å²) < 4.78 is 9.25. The van der Waals surface area contributed by atoms with Crippen molar-refractivity contribution >= 4 is 17.0 Å². The molecule has 35 heavy (non-hydrogen) atoms. The van der Waals surface area contributed by atoms with E-state index in [-0.39, 0.29) is 11.6 Å². The van der Waals surface area contributed by atoms with Crippen LogP contribution in [0, 0.1) is 0 Å². The Morgan fingerprint density at radius 3 is 2.51 bits per heavy atom. The van der Waals surface area contributed by atoms with Crippen LogP contribution in [0.2, 0.25) is 0 Å². The monoisotopic (exact) mass is 468 g/mol. The molecule has 1 N–H and O–H groups in total. The minimum Gasteiger partial charge on any atom is -0.457 e. The third-order valence-corrected chi connectivity index (χ3v) is 5.34. The van der Waals surface area contributed by atoms with Gasteiger partial charge in [-0.25, -0.2) is 9.97 Å². The Hall–Kier alpha value is -4.60. The molecule has 4 heterocycles.